The first kappa shape index (κ1) is 18.5. The average Bonchev–Trinajstić information content (AvgIpc) is 2.56. The van der Waals surface area contributed by atoms with Crippen LogP contribution in [0.15, 0.2) is 44.4 Å². The molecule has 0 N–H and O–H groups in total. The van der Waals surface area contributed by atoms with E-state index in [1.165, 1.54) is 6.07 Å². The third-order valence-corrected chi connectivity index (χ3v) is 6.00. The van der Waals surface area contributed by atoms with Crippen LogP contribution in [0.25, 0.3) is 0 Å². The summed E-state index contributed by atoms with van der Waals surface area (Å²) in [6.45, 7) is 1.82. The minimum atomic E-state index is -4.13. The average molecular weight is 385 g/mol. The second kappa shape index (κ2) is 7.16. The Hall–Kier alpha value is -2.26. The molecule has 0 spiro atoms. The van der Waals surface area contributed by atoms with E-state index < -0.39 is 32.2 Å². The predicted octanol–water partition coefficient (Wildman–Crippen LogP) is 2.46. The van der Waals surface area contributed by atoms with Gasteiger partial charge in [-0.15, -0.1) is 0 Å². The van der Waals surface area contributed by atoms with Gasteiger partial charge in [-0.2, -0.15) is 4.31 Å². The molecule has 2 aromatic rings. The van der Waals surface area contributed by atoms with Crippen LogP contribution in [0.2, 0.25) is 0 Å². The topological polar surface area (TPSA) is 76.8 Å². The standard InChI is InChI=1S/C17H17F2NO5S/c1-11-8-14(10-17(21)24-11)25-13-4-6-20(7-5-13)26(22,23)16-9-12(18)2-3-15(16)19/h2-3,8-10,13H,4-7H2,1H3. The number of hydrogen-bond acceptors (Lipinski definition) is 5. The van der Waals surface area contributed by atoms with Gasteiger partial charge in [0.15, 0.2) is 0 Å². The Bertz CT molecular complexity index is 965. The summed E-state index contributed by atoms with van der Waals surface area (Å²) in [7, 11) is -4.13. The highest BCUT2D eigenvalue weighted by atomic mass is 32.2. The molecule has 1 aromatic heterocycles. The molecule has 6 nitrogen and oxygen atoms in total. The van der Waals surface area contributed by atoms with Gasteiger partial charge in [0.25, 0.3) is 0 Å². The Morgan fingerprint density at radius 2 is 1.85 bits per heavy atom. The van der Waals surface area contributed by atoms with Crippen LogP contribution in [-0.4, -0.2) is 31.9 Å². The molecule has 0 atom stereocenters. The van der Waals surface area contributed by atoms with Crippen molar-refractivity contribution in [2.75, 3.05) is 13.1 Å². The van der Waals surface area contributed by atoms with Crippen LogP contribution in [0, 0.1) is 18.6 Å². The van der Waals surface area contributed by atoms with Gasteiger partial charge in [-0.05, 0) is 38.0 Å². The highest BCUT2D eigenvalue weighted by Crippen LogP contribution is 2.25. The van der Waals surface area contributed by atoms with E-state index in [-0.39, 0.29) is 19.2 Å². The molecule has 140 valence electrons. The number of aryl methyl sites for hydroxylation is 1. The van der Waals surface area contributed by atoms with E-state index in [2.05, 4.69) is 0 Å². The van der Waals surface area contributed by atoms with Crippen molar-refractivity contribution in [2.45, 2.75) is 30.8 Å². The van der Waals surface area contributed by atoms with E-state index in [0.29, 0.717) is 30.4 Å². The lowest BCUT2D eigenvalue weighted by molar-refractivity contribution is 0.134. The summed E-state index contributed by atoms with van der Waals surface area (Å²) in [6.07, 6.45) is 0.422. The lowest BCUT2D eigenvalue weighted by atomic mass is 10.1. The van der Waals surface area contributed by atoms with Gasteiger partial charge in [-0.3, -0.25) is 0 Å². The van der Waals surface area contributed by atoms with Crippen molar-refractivity contribution in [3.63, 3.8) is 0 Å². The molecule has 1 fully saturated rings. The Labute approximate surface area is 149 Å². The summed E-state index contributed by atoms with van der Waals surface area (Å²) in [4.78, 5) is 10.7. The highest BCUT2D eigenvalue weighted by molar-refractivity contribution is 7.89. The van der Waals surface area contributed by atoms with Crippen LogP contribution in [-0.2, 0) is 10.0 Å². The van der Waals surface area contributed by atoms with E-state index in [1.54, 1.807) is 13.0 Å². The van der Waals surface area contributed by atoms with Crippen molar-refractivity contribution in [1.82, 2.24) is 4.31 Å². The van der Waals surface area contributed by atoms with Crippen LogP contribution in [0.4, 0.5) is 8.78 Å². The summed E-state index contributed by atoms with van der Waals surface area (Å²) < 4.78 is 63.9. The van der Waals surface area contributed by atoms with Crippen LogP contribution >= 0.6 is 0 Å². The Morgan fingerprint density at radius 3 is 2.50 bits per heavy atom. The molecule has 1 aliphatic rings. The summed E-state index contributed by atoms with van der Waals surface area (Å²) >= 11 is 0. The van der Waals surface area contributed by atoms with Crippen LogP contribution in [0.1, 0.15) is 18.6 Å². The smallest absolute Gasteiger partial charge is 0.339 e. The first-order chi connectivity index (χ1) is 12.3. The van der Waals surface area contributed by atoms with Crippen molar-refractivity contribution in [2.24, 2.45) is 0 Å². The fraction of sp³-hybridized carbons (Fsp3) is 0.353. The fourth-order valence-corrected chi connectivity index (χ4v) is 4.39. The number of sulfonamides is 1. The number of rotatable bonds is 4. The number of piperidine rings is 1. The van der Waals surface area contributed by atoms with Gasteiger partial charge in [-0.25, -0.2) is 22.0 Å². The molecule has 2 heterocycles. The number of hydrogen-bond donors (Lipinski definition) is 0. The minimum Gasteiger partial charge on any atom is -0.490 e. The Kier molecular flexibility index (Phi) is 5.10. The molecule has 1 aliphatic heterocycles. The lowest BCUT2D eigenvalue weighted by Gasteiger charge is -2.31. The molecular formula is C17H17F2NO5S. The molecule has 0 radical (unpaired) electrons. The zero-order chi connectivity index (χ0) is 18.9. The van der Waals surface area contributed by atoms with E-state index in [0.717, 1.165) is 16.4 Å². The van der Waals surface area contributed by atoms with Gasteiger partial charge >= 0.3 is 5.63 Å². The summed E-state index contributed by atoms with van der Waals surface area (Å²) in [5.41, 5.74) is -0.526. The highest BCUT2D eigenvalue weighted by Gasteiger charge is 2.32. The van der Waals surface area contributed by atoms with E-state index in [9.17, 15) is 22.0 Å². The van der Waals surface area contributed by atoms with Gasteiger partial charge in [0.05, 0.1) is 6.07 Å². The largest absolute Gasteiger partial charge is 0.490 e. The minimum absolute atomic E-state index is 0.101. The van der Waals surface area contributed by atoms with E-state index >= 15 is 0 Å². The maximum absolute atomic E-state index is 13.8. The number of benzene rings is 1. The third-order valence-electron chi connectivity index (χ3n) is 4.08. The van der Waals surface area contributed by atoms with E-state index in [4.69, 9.17) is 9.15 Å². The Morgan fingerprint density at radius 1 is 1.15 bits per heavy atom. The quantitative estimate of drug-likeness (QED) is 0.808. The summed E-state index contributed by atoms with van der Waals surface area (Å²) in [6, 6.07) is 5.14. The Balaban J connectivity index is 1.69. The monoisotopic (exact) mass is 385 g/mol. The third kappa shape index (κ3) is 3.94. The molecule has 0 bridgehead atoms. The normalized spacial score (nSPS) is 16.6. The number of halogens is 2. The zero-order valence-corrected chi connectivity index (χ0v) is 14.8. The van der Waals surface area contributed by atoms with Crippen LogP contribution in [0.3, 0.4) is 0 Å². The van der Waals surface area contributed by atoms with Gasteiger partial charge in [-0.1, -0.05) is 0 Å². The van der Waals surface area contributed by atoms with Gasteiger partial charge in [0.1, 0.15) is 34.1 Å². The van der Waals surface area contributed by atoms with Crippen molar-refractivity contribution in [3.8, 4) is 5.75 Å². The van der Waals surface area contributed by atoms with E-state index in [1.807, 2.05) is 0 Å². The zero-order valence-electron chi connectivity index (χ0n) is 13.9. The second-order valence-corrected chi connectivity index (χ2v) is 7.93. The van der Waals surface area contributed by atoms with Gasteiger partial charge in [0, 0.05) is 19.2 Å². The molecule has 0 amide bonds. The molecule has 26 heavy (non-hydrogen) atoms. The number of ether oxygens (including phenoxy) is 1. The van der Waals surface area contributed by atoms with Crippen LogP contribution < -0.4 is 10.4 Å². The predicted molar refractivity (Wildman–Crippen MR) is 88.5 cm³/mol. The fourth-order valence-electron chi connectivity index (χ4n) is 2.84. The maximum atomic E-state index is 13.8. The first-order valence-corrected chi connectivity index (χ1v) is 9.43. The molecule has 0 saturated carbocycles. The SMILES string of the molecule is Cc1cc(OC2CCN(S(=O)(=O)c3cc(F)ccc3F)CC2)cc(=O)o1. The van der Waals surface area contributed by atoms with Crippen molar-refractivity contribution in [1.29, 1.82) is 0 Å². The molecule has 3 rings (SSSR count). The van der Waals surface area contributed by atoms with Crippen molar-refractivity contribution >= 4 is 10.0 Å². The second-order valence-electron chi connectivity index (χ2n) is 6.02. The molecule has 1 saturated heterocycles. The van der Waals surface area contributed by atoms with Gasteiger partial charge in [0.2, 0.25) is 10.0 Å². The maximum Gasteiger partial charge on any atom is 0.339 e. The lowest BCUT2D eigenvalue weighted by Crippen LogP contribution is -2.42. The molecular weight excluding hydrogens is 368 g/mol. The number of nitrogens with zero attached hydrogens (tertiary/aromatic N) is 1. The molecule has 0 unspecified atom stereocenters. The van der Waals surface area contributed by atoms with Crippen molar-refractivity contribution in [3.05, 3.63) is 58.1 Å². The summed E-state index contributed by atoms with van der Waals surface area (Å²) in [5, 5.41) is 0. The first-order valence-electron chi connectivity index (χ1n) is 7.99. The molecule has 9 heteroatoms. The summed E-state index contributed by atoms with van der Waals surface area (Å²) in [5.74, 6) is -1.04. The van der Waals surface area contributed by atoms with Crippen LogP contribution in [0.5, 0.6) is 5.75 Å². The van der Waals surface area contributed by atoms with Gasteiger partial charge < -0.3 is 9.15 Å². The van der Waals surface area contributed by atoms with Crippen molar-refractivity contribution < 1.29 is 26.4 Å². The molecule has 1 aromatic carbocycles. The molecule has 0 aliphatic carbocycles.